The Balaban J connectivity index is 1.73. The van der Waals surface area contributed by atoms with Crippen LogP contribution in [0.4, 0.5) is 4.39 Å². The average Bonchev–Trinajstić information content (AvgIpc) is 3.27. The van der Waals surface area contributed by atoms with Crippen LogP contribution in [0.3, 0.4) is 0 Å². The van der Waals surface area contributed by atoms with Gasteiger partial charge in [0, 0.05) is 18.7 Å². The molecule has 1 aromatic carbocycles. The van der Waals surface area contributed by atoms with Crippen molar-refractivity contribution >= 4 is 27.3 Å². The second-order valence-corrected chi connectivity index (χ2v) is 8.10. The molecule has 0 saturated carbocycles. The molecule has 1 fully saturated rings. The first-order chi connectivity index (χ1) is 12.2. The largest absolute Gasteiger partial charge is 0.379 e. The molecule has 0 aliphatic carbocycles. The number of rotatable bonds is 4. The molecule has 0 amide bonds. The molecule has 25 heavy (non-hydrogen) atoms. The van der Waals surface area contributed by atoms with Crippen LogP contribution in [0, 0.1) is 5.82 Å². The van der Waals surface area contributed by atoms with Gasteiger partial charge in [0.1, 0.15) is 11.9 Å². The lowest BCUT2D eigenvalue weighted by Crippen LogP contribution is -2.40. The zero-order chi connectivity index (χ0) is 17.2. The monoisotopic (exact) mass is 423 g/mol. The summed E-state index contributed by atoms with van der Waals surface area (Å²) in [5.41, 5.74) is 0.534. The van der Waals surface area contributed by atoms with Crippen molar-refractivity contribution in [3.05, 3.63) is 57.5 Å². The van der Waals surface area contributed by atoms with Crippen LogP contribution in [0.1, 0.15) is 17.5 Å². The van der Waals surface area contributed by atoms with Gasteiger partial charge in [0.15, 0.2) is 0 Å². The number of ether oxygens (including phenoxy) is 1. The van der Waals surface area contributed by atoms with E-state index in [1.807, 2.05) is 18.2 Å². The minimum absolute atomic E-state index is 0.280. The quantitative estimate of drug-likeness (QED) is 0.631. The fourth-order valence-electron chi connectivity index (χ4n) is 2.90. The maximum Gasteiger partial charge on any atom is 0.249 e. The molecule has 0 unspecified atom stereocenters. The zero-order valence-corrected chi connectivity index (χ0v) is 15.6. The highest BCUT2D eigenvalue weighted by Gasteiger charge is 2.31. The average molecular weight is 424 g/mol. The van der Waals surface area contributed by atoms with Gasteiger partial charge in [-0.3, -0.25) is 4.90 Å². The molecule has 1 saturated heterocycles. The van der Waals surface area contributed by atoms with Crippen molar-refractivity contribution in [2.75, 3.05) is 26.3 Å². The van der Waals surface area contributed by atoms with Gasteiger partial charge in [0.2, 0.25) is 11.7 Å². The van der Waals surface area contributed by atoms with Gasteiger partial charge in [-0.25, -0.2) is 4.39 Å². The minimum Gasteiger partial charge on any atom is -0.379 e. The number of thiophene rings is 1. The first-order valence-corrected chi connectivity index (χ1v) is 9.49. The molecule has 0 N–H and O–H groups in total. The first-order valence-electron chi connectivity index (χ1n) is 7.88. The number of benzene rings is 1. The van der Waals surface area contributed by atoms with E-state index in [1.54, 1.807) is 12.1 Å². The molecular formula is C17H15BrFN3O2S. The van der Waals surface area contributed by atoms with Crippen molar-refractivity contribution in [3.8, 4) is 10.7 Å². The Morgan fingerprint density at radius 3 is 2.68 bits per heavy atom. The second-order valence-electron chi connectivity index (χ2n) is 5.63. The van der Waals surface area contributed by atoms with Crippen LogP contribution in [0.5, 0.6) is 0 Å². The summed E-state index contributed by atoms with van der Waals surface area (Å²) in [7, 11) is 0. The van der Waals surface area contributed by atoms with Gasteiger partial charge >= 0.3 is 0 Å². The number of hydrogen-bond donors (Lipinski definition) is 0. The van der Waals surface area contributed by atoms with Crippen molar-refractivity contribution in [1.29, 1.82) is 0 Å². The van der Waals surface area contributed by atoms with E-state index in [9.17, 15) is 4.39 Å². The van der Waals surface area contributed by atoms with Gasteiger partial charge in [0.05, 0.1) is 21.9 Å². The highest BCUT2D eigenvalue weighted by molar-refractivity contribution is 9.11. The number of halogens is 2. The normalized spacial score (nSPS) is 16.9. The summed E-state index contributed by atoms with van der Waals surface area (Å²) >= 11 is 4.96. The summed E-state index contributed by atoms with van der Waals surface area (Å²) in [6, 6.07) is 10.2. The van der Waals surface area contributed by atoms with E-state index in [0.717, 1.165) is 8.66 Å². The maximum atomic E-state index is 14.5. The highest BCUT2D eigenvalue weighted by Crippen LogP contribution is 2.33. The van der Waals surface area contributed by atoms with Crippen LogP contribution >= 0.6 is 27.3 Å². The van der Waals surface area contributed by atoms with Gasteiger partial charge in [-0.15, -0.1) is 11.3 Å². The Kier molecular flexibility index (Phi) is 4.93. The number of aromatic nitrogens is 2. The molecule has 1 atom stereocenters. The summed E-state index contributed by atoms with van der Waals surface area (Å²) in [6.07, 6.45) is 0. The van der Waals surface area contributed by atoms with Gasteiger partial charge in [0.25, 0.3) is 0 Å². The molecule has 0 bridgehead atoms. The summed E-state index contributed by atoms with van der Waals surface area (Å²) in [6.45, 7) is 2.57. The lowest BCUT2D eigenvalue weighted by molar-refractivity contribution is 0.0174. The van der Waals surface area contributed by atoms with Crippen LogP contribution in [0.15, 0.2) is 44.7 Å². The minimum atomic E-state index is -0.422. The van der Waals surface area contributed by atoms with Crippen LogP contribution in [-0.2, 0) is 4.74 Å². The summed E-state index contributed by atoms with van der Waals surface area (Å²) in [5.74, 6) is 0.629. The van der Waals surface area contributed by atoms with Crippen molar-refractivity contribution in [2.45, 2.75) is 6.04 Å². The zero-order valence-electron chi connectivity index (χ0n) is 13.2. The van der Waals surface area contributed by atoms with Gasteiger partial charge in [-0.2, -0.15) is 4.98 Å². The molecule has 0 spiro atoms. The predicted octanol–water partition coefficient (Wildman–Crippen LogP) is 4.12. The summed E-state index contributed by atoms with van der Waals surface area (Å²) < 4.78 is 26.4. The molecule has 1 aliphatic heterocycles. The Hall–Kier alpha value is -1.61. The second kappa shape index (κ2) is 7.33. The lowest BCUT2D eigenvalue weighted by Gasteiger charge is -2.32. The van der Waals surface area contributed by atoms with Crippen molar-refractivity contribution < 1.29 is 13.7 Å². The standard InChI is InChI=1S/C17H15BrFN3O2S/c18-14-6-5-13(25-14)16-20-17(24-21-16)15(22-7-9-23-10-8-22)11-3-1-2-4-12(11)19/h1-6,15H,7-10H2/t15-/m1/s1. The fourth-order valence-corrected chi connectivity index (χ4v) is 4.21. The van der Waals surface area contributed by atoms with E-state index < -0.39 is 6.04 Å². The van der Waals surface area contributed by atoms with Crippen molar-refractivity contribution in [3.63, 3.8) is 0 Å². The molecule has 3 heterocycles. The van der Waals surface area contributed by atoms with Crippen molar-refractivity contribution in [2.24, 2.45) is 0 Å². The van der Waals surface area contributed by atoms with E-state index in [2.05, 4.69) is 31.0 Å². The fraction of sp³-hybridized carbons (Fsp3) is 0.294. The topological polar surface area (TPSA) is 51.4 Å². The summed E-state index contributed by atoms with van der Waals surface area (Å²) in [5, 5.41) is 4.09. The Morgan fingerprint density at radius 1 is 1.16 bits per heavy atom. The van der Waals surface area contributed by atoms with Gasteiger partial charge in [-0.1, -0.05) is 23.4 Å². The van der Waals surface area contributed by atoms with E-state index in [-0.39, 0.29) is 5.82 Å². The third-order valence-corrected chi connectivity index (χ3v) is 5.70. The van der Waals surface area contributed by atoms with Crippen LogP contribution in [-0.4, -0.2) is 41.3 Å². The molecule has 1 aliphatic rings. The summed E-state index contributed by atoms with van der Waals surface area (Å²) in [4.78, 5) is 7.56. The molecule has 130 valence electrons. The third-order valence-electron chi connectivity index (χ3n) is 4.08. The number of morpholine rings is 1. The lowest BCUT2D eigenvalue weighted by atomic mass is 10.0. The molecule has 8 heteroatoms. The predicted molar refractivity (Wildman–Crippen MR) is 95.9 cm³/mol. The number of hydrogen-bond acceptors (Lipinski definition) is 6. The van der Waals surface area contributed by atoms with Gasteiger partial charge in [-0.05, 0) is 34.1 Å². The molecule has 0 radical (unpaired) electrons. The first kappa shape index (κ1) is 16.8. The molecule has 3 aromatic rings. The molecule has 5 nitrogen and oxygen atoms in total. The van der Waals surface area contributed by atoms with Crippen molar-refractivity contribution in [1.82, 2.24) is 15.0 Å². The Labute approximate surface area is 156 Å². The maximum absolute atomic E-state index is 14.5. The van der Waals surface area contributed by atoms with Crippen LogP contribution in [0.25, 0.3) is 10.7 Å². The Morgan fingerprint density at radius 2 is 1.96 bits per heavy atom. The number of nitrogens with zero attached hydrogens (tertiary/aromatic N) is 3. The van der Waals surface area contributed by atoms with E-state index >= 15 is 0 Å². The smallest absolute Gasteiger partial charge is 0.249 e. The van der Waals surface area contributed by atoms with Crippen LogP contribution < -0.4 is 0 Å². The van der Waals surface area contributed by atoms with E-state index in [1.165, 1.54) is 17.4 Å². The molecule has 2 aromatic heterocycles. The highest BCUT2D eigenvalue weighted by atomic mass is 79.9. The van der Waals surface area contributed by atoms with Gasteiger partial charge < -0.3 is 9.26 Å². The molecular weight excluding hydrogens is 409 g/mol. The third kappa shape index (κ3) is 3.52. The Bertz CT molecular complexity index is 863. The van der Waals surface area contributed by atoms with Crippen LogP contribution in [0.2, 0.25) is 0 Å². The van der Waals surface area contributed by atoms with E-state index in [4.69, 9.17) is 9.26 Å². The van der Waals surface area contributed by atoms with E-state index in [0.29, 0.717) is 43.6 Å². The SMILES string of the molecule is Fc1ccccc1[C@H](c1nc(-c2ccc(Br)s2)no1)N1CCOCC1. The molecule has 4 rings (SSSR count).